The summed E-state index contributed by atoms with van der Waals surface area (Å²) in [5.41, 5.74) is -0.558. The Morgan fingerprint density at radius 2 is 2.38 bits per heavy atom. The molecular weight excluding hydrogens is 216 g/mol. The molecule has 0 aliphatic carbocycles. The fourth-order valence-corrected chi connectivity index (χ4v) is 1.49. The van der Waals surface area contributed by atoms with E-state index in [-0.39, 0.29) is 13.2 Å². The van der Waals surface area contributed by atoms with Crippen molar-refractivity contribution in [3.8, 4) is 0 Å². The second kappa shape index (κ2) is 4.20. The van der Waals surface area contributed by atoms with E-state index in [2.05, 4.69) is 4.98 Å². The van der Waals surface area contributed by atoms with Gasteiger partial charge < -0.3 is 14.6 Å². The fraction of sp³-hybridized carbons (Fsp3) is 0.556. The molecule has 2 atom stereocenters. The third kappa shape index (κ3) is 1.92. The van der Waals surface area contributed by atoms with E-state index in [4.69, 9.17) is 14.6 Å². The Balaban J connectivity index is 2.32. The van der Waals surface area contributed by atoms with Gasteiger partial charge in [-0.1, -0.05) is 0 Å². The quantitative estimate of drug-likeness (QED) is 0.656. The van der Waals surface area contributed by atoms with Crippen molar-refractivity contribution in [3.05, 3.63) is 32.6 Å². The van der Waals surface area contributed by atoms with Gasteiger partial charge in [0.15, 0.2) is 12.5 Å². The molecule has 1 aliphatic rings. The zero-order valence-electron chi connectivity index (χ0n) is 8.67. The Hall–Kier alpha value is -1.44. The van der Waals surface area contributed by atoms with Crippen LogP contribution in [0.2, 0.25) is 0 Å². The molecular formula is C9H12N2O5. The molecule has 0 aromatic carbocycles. The Labute approximate surface area is 90.2 Å². The predicted octanol–water partition coefficient (Wildman–Crippen LogP) is -1.29. The highest BCUT2D eigenvalue weighted by atomic mass is 16.7. The van der Waals surface area contributed by atoms with Crippen molar-refractivity contribution in [2.75, 3.05) is 13.2 Å². The lowest BCUT2D eigenvalue weighted by atomic mass is 10.4. The number of hydrogen-bond acceptors (Lipinski definition) is 5. The van der Waals surface area contributed by atoms with Gasteiger partial charge in [0.1, 0.15) is 0 Å². The number of aryl methyl sites for hydroxylation is 1. The molecule has 0 unspecified atom stereocenters. The van der Waals surface area contributed by atoms with Crippen LogP contribution in [0.25, 0.3) is 0 Å². The van der Waals surface area contributed by atoms with Crippen molar-refractivity contribution in [1.29, 1.82) is 0 Å². The highest BCUT2D eigenvalue weighted by Crippen LogP contribution is 2.18. The maximum absolute atomic E-state index is 11.5. The summed E-state index contributed by atoms with van der Waals surface area (Å²) in [4.78, 5) is 24.8. The zero-order chi connectivity index (χ0) is 11.7. The van der Waals surface area contributed by atoms with Crippen LogP contribution in [0.3, 0.4) is 0 Å². The molecule has 7 heteroatoms. The number of aliphatic hydroxyl groups excluding tert-OH is 1. The maximum atomic E-state index is 11.5. The van der Waals surface area contributed by atoms with Crippen LogP contribution in [0, 0.1) is 6.92 Å². The summed E-state index contributed by atoms with van der Waals surface area (Å²) < 4.78 is 11.6. The number of aromatic amines is 1. The first kappa shape index (κ1) is 11.1. The van der Waals surface area contributed by atoms with Gasteiger partial charge in [-0.3, -0.25) is 14.3 Å². The summed E-state index contributed by atoms with van der Waals surface area (Å²) in [7, 11) is 0. The van der Waals surface area contributed by atoms with Crippen LogP contribution in [0.4, 0.5) is 0 Å². The lowest BCUT2D eigenvalue weighted by molar-refractivity contribution is -0.0993. The molecule has 88 valence electrons. The minimum Gasteiger partial charge on any atom is -0.391 e. The van der Waals surface area contributed by atoms with Gasteiger partial charge in [0.05, 0.1) is 13.2 Å². The Kier molecular flexibility index (Phi) is 2.90. The molecule has 1 fully saturated rings. The van der Waals surface area contributed by atoms with E-state index in [0.717, 1.165) is 0 Å². The van der Waals surface area contributed by atoms with Gasteiger partial charge in [-0.25, -0.2) is 4.79 Å². The maximum Gasteiger partial charge on any atom is 0.330 e. The highest BCUT2D eigenvalue weighted by Gasteiger charge is 2.27. The third-order valence-electron chi connectivity index (χ3n) is 2.34. The minimum absolute atomic E-state index is 0.163. The van der Waals surface area contributed by atoms with E-state index in [9.17, 15) is 9.59 Å². The van der Waals surface area contributed by atoms with Crippen LogP contribution in [0.5, 0.6) is 0 Å². The molecule has 2 heterocycles. The summed E-state index contributed by atoms with van der Waals surface area (Å²) in [6.07, 6.45) is 0.0823. The monoisotopic (exact) mass is 228 g/mol. The van der Waals surface area contributed by atoms with Crippen molar-refractivity contribution in [2.45, 2.75) is 19.4 Å². The molecule has 7 nitrogen and oxygen atoms in total. The second-order valence-electron chi connectivity index (χ2n) is 3.51. The van der Waals surface area contributed by atoms with Gasteiger partial charge >= 0.3 is 5.69 Å². The molecule has 0 radical (unpaired) electrons. The summed E-state index contributed by atoms with van der Waals surface area (Å²) >= 11 is 0. The molecule has 1 aromatic heterocycles. The summed E-state index contributed by atoms with van der Waals surface area (Å²) in [6.45, 7) is 1.48. The SMILES string of the molecule is Cc1cn([C@H]2CO[C@H](CO)O2)c(=O)[nH]c1=O. The first-order valence-electron chi connectivity index (χ1n) is 4.82. The topological polar surface area (TPSA) is 93.6 Å². The number of ether oxygens (including phenoxy) is 2. The van der Waals surface area contributed by atoms with Crippen molar-refractivity contribution >= 4 is 0 Å². The van der Waals surface area contributed by atoms with Crippen LogP contribution in [0.15, 0.2) is 15.8 Å². The first-order valence-corrected chi connectivity index (χ1v) is 4.82. The van der Waals surface area contributed by atoms with E-state index in [0.29, 0.717) is 5.56 Å². The predicted molar refractivity (Wildman–Crippen MR) is 53.0 cm³/mol. The van der Waals surface area contributed by atoms with Crippen LogP contribution in [-0.4, -0.2) is 34.2 Å². The second-order valence-corrected chi connectivity index (χ2v) is 3.51. The molecule has 1 aliphatic heterocycles. The molecule has 0 bridgehead atoms. The molecule has 1 aromatic rings. The zero-order valence-corrected chi connectivity index (χ0v) is 8.67. The van der Waals surface area contributed by atoms with Crippen LogP contribution >= 0.6 is 0 Å². The van der Waals surface area contributed by atoms with Crippen LogP contribution in [0.1, 0.15) is 11.8 Å². The van der Waals surface area contributed by atoms with Crippen molar-refractivity contribution in [1.82, 2.24) is 9.55 Å². The minimum atomic E-state index is -0.718. The largest absolute Gasteiger partial charge is 0.391 e. The number of nitrogens with one attached hydrogen (secondary N) is 1. The number of rotatable bonds is 2. The van der Waals surface area contributed by atoms with E-state index >= 15 is 0 Å². The number of aliphatic hydroxyl groups is 1. The third-order valence-corrected chi connectivity index (χ3v) is 2.34. The Morgan fingerprint density at radius 1 is 1.62 bits per heavy atom. The summed E-state index contributed by atoms with van der Waals surface area (Å²) in [5.74, 6) is 0. The molecule has 0 amide bonds. The van der Waals surface area contributed by atoms with Gasteiger partial charge in [-0.15, -0.1) is 0 Å². The number of aromatic nitrogens is 2. The fourth-order valence-electron chi connectivity index (χ4n) is 1.49. The van der Waals surface area contributed by atoms with Gasteiger partial charge in [-0.2, -0.15) is 0 Å². The smallest absolute Gasteiger partial charge is 0.330 e. The Morgan fingerprint density at radius 3 is 3.00 bits per heavy atom. The molecule has 2 rings (SSSR count). The molecule has 16 heavy (non-hydrogen) atoms. The van der Waals surface area contributed by atoms with Gasteiger partial charge in [0.25, 0.3) is 5.56 Å². The van der Waals surface area contributed by atoms with E-state index in [1.807, 2.05) is 0 Å². The van der Waals surface area contributed by atoms with E-state index < -0.39 is 23.8 Å². The van der Waals surface area contributed by atoms with E-state index in [1.165, 1.54) is 10.8 Å². The van der Waals surface area contributed by atoms with Gasteiger partial charge in [-0.05, 0) is 6.92 Å². The normalized spacial score (nSPS) is 24.9. The van der Waals surface area contributed by atoms with Crippen LogP contribution in [-0.2, 0) is 9.47 Å². The van der Waals surface area contributed by atoms with Crippen molar-refractivity contribution in [3.63, 3.8) is 0 Å². The van der Waals surface area contributed by atoms with Crippen molar-refractivity contribution in [2.24, 2.45) is 0 Å². The first-order chi connectivity index (χ1) is 7.61. The summed E-state index contributed by atoms with van der Waals surface area (Å²) in [5, 5.41) is 8.80. The average Bonchev–Trinajstić information content (AvgIpc) is 2.71. The highest BCUT2D eigenvalue weighted by molar-refractivity contribution is 5.01. The van der Waals surface area contributed by atoms with Crippen molar-refractivity contribution < 1.29 is 14.6 Å². The lowest BCUT2D eigenvalue weighted by Gasteiger charge is -2.12. The molecule has 2 N–H and O–H groups in total. The Bertz CT molecular complexity index is 491. The molecule has 1 saturated heterocycles. The number of nitrogens with zero attached hydrogens (tertiary/aromatic N) is 1. The molecule has 0 spiro atoms. The number of hydrogen-bond donors (Lipinski definition) is 2. The average molecular weight is 228 g/mol. The van der Waals surface area contributed by atoms with E-state index in [1.54, 1.807) is 6.92 Å². The standard InChI is InChI=1S/C9H12N2O5/c1-5-2-11(9(14)10-8(5)13)6-4-15-7(3-12)16-6/h2,6-7,12H,3-4H2,1H3,(H,10,13,14)/t6-,7+/m1/s1. The lowest BCUT2D eigenvalue weighted by Crippen LogP contribution is -2.34. The number of H-pyrrole nitrogens is 1. The van der Waals surface area contributed by atoms with Gasteiger partial charge in [0.2, 0.25) is 0 Å². The molecule has 0 saturated carbocycles. The van der Waals surface area contributed by atoms with Crippen LogP contribution < -0.4 is 11.2 Å². The van der Waals surface area contributed by atoms with Gasteiger partial charge in [0, 0.05) is 11.8 Å². The summed E-state index contributed by atoms with van der Waals surface area (Å²) in [6, 6.07) is 0.